The van der Waals surface area contributed by atoms with Gasteiger partial charge in [-0.15, -0.1) is 5.10 Å². The summed E-state index contributed by atoms with van der Waals surface area (Å²) in [6.45, 7) is 1.00. The first kappa shape index (κ1) is 19.6. The molecule has 0 atom stereocenters. The Bertz CT molecular complexity index is 1130. The van der Waals surface area contributed by atoms with Gasteiger partial charge < -0.3 is 0 Å². The highest BCUT2D eigenvalue weighted by molar-refractivity contribution is 9.10. The second-order valence-electron chi connectivity index (χ2n) is 6.63. The zero-order chi connectivity index (χ0) is 20.4. The molecule has 0 saturated carbocycles. The van der Waals surface area contributed by atoms with E-state index in [2.05, 4.69) is 31.3 Å². The number of benzene rings is 2. The second-order valence-corrected chi connectivity index (χ2v) is 9.56. The first-order chi connectivity index (χ1) is 13.9. The average molecular weight is 476 g/mol. The molecule has 1 saturated heterocycles. The number of sulfonamides is 1. The number of nitrogens with zero attached hydrogens (tertiary/aromatic N) is 4. The van der Waals surface area contributed by atoms with Crippen LogP contribution in [0.3, 0.4) is 0 Å². The molecule has 2 aromatic carbocycles. The van der Waals surface area contributed by atoms with E-state index < -0.39 is 10.0 Å². The number of amides is 1. The molecule has 1 aliphatic rings. The Hall–Kier alpha value is -2.72. The number of hydrogen-bond donors (Lipinski definition) is 1. The lowest BCUT2D eigenvalue weighted by atomic mass is 10.2. The highest BCUT2D eigenvalue weighted by Crippen LogP contribution is 2.24. The molecule has 10 heteroatoms. The zero-order valence-electron chi connectivity index (χ0n) is 15.3. The molecule has 0 spiro atoms. The van der Waals surface area contributed by atoms with Gasteiger partial charge in [0.25, 0.3) is 5.91 Å². The molecule has 0 bridgehead atoms. The van der Waals surface area contributed by atoms with Gasteiger partial charge in [0.2, 0.25) is 16.0 Å². The van der Waals surface area contributed by atoms with Gasteiger partial charge in [-0.05, 0) is 48.4 Å². The summed E-state index contributed by atoms with van der Waals surface area (Å²) in [6, 6.07) is 14.3. The molecule has 4 rings (SSSR count). The second kappa shape index (κ2) is 7.96. The Kier molecular flexibility index (Phi) is 5.37. The van der Waals surface area contributed by atoms with Crippen molar-refractivity contribution in [3.05, 3.63) is 70.5 Å². The lowest BCUT2D eigenvalue weighted by Gasteiger charge is -2.16. The van der Waals surface area contributed by atoms with E-state index in [9.17, 15) is 13.2 Å². The van der Waals surface area contributed by atoms with Gasteiger partial charge in [-0.25, -0.2) is 18.1 Å². The third kappa shape index (κ3) is 4.48. The molecule has 1 N–H and O–H groups in total. The first-order valence-corrected chi connectivity index (χ1v) is 11.4. The number of aromatic nitrogens is 3. The molecule has 1 amide bonds. The largest absolute Gasteiger partial charge is 0.289 e. The number of carbonyl (C=O) groups excluding carboxylic acids is 1. The van der Waals surface area contributed by atoms with E-state index in [1.807, 2.05) is 24.3 Å². The van der Waals surface area contributed by atoms with Crippen molar-refractivity contribution in [1.82, 2.24) is 14.8 Å². The summed E-state index contributed by atoms with van der Waals surface area (Å²) in [5.41, 5.74) is 2.02. The minimum absolute atomic E-state index is 0.157. The van der Waals surface area contributed by atoms with E-state index in [4.69, 9.17) is 0 Å². The van der Waals surface area contributed by atoms with Crippen LogP contribution >= 0.6 is 15.9 Å². The van der Waals surface area contributed by atoms with E-state index in [0.29, 0.717) is 30.8 Å². The third-order valence-electron chi connectivity index (χ3n) is 4.54. The Labute approximate surface area is 176 Å². The number of carbonyl (C=O) groups is 1. The molecule has 0 aliphatic carbocycles. The molecular weight excluding hydrogens is 458 g/mol. The summed E-state index contributed by atoms with van der Waals surface area (Å²) in [5.74, 6) is 0.00428. The Balaban J connectivity index is 1.40. The van der Waals surface area contributed by atoms with E-state index in [1.54, 1.807) is 35.3 Å². The molecule has 1 fully saturated rings. The molecule has 3 aromatic rings. The van der Waals surface area contributed by atoms with Crippen LogP contribution < -0.4 is 9.62 Å². The molecule has 0 unspecified atom stereocenters. The molecule has 1 aliphatic heterocycles. The number of hydrogen-bond acceptors (Lipinski definition) is 5. The SMILES string of the molecule is O=C(Nc1ncn(Cc2ccc(Br)cc2)n1)c1ccc(N2CCCS2(=O)=O)cc1. The minimum atomic E-state index is -3.24. The Morgan fingerprint density at radius 1 is 1.10 bits per heavy atom. The molecule has 1 aromatic heterocycles. The van der Waals surface area contributed by atoms with Crippen LogP contribution in [0.4, 0.5) is 11.6 Å². The predicted molar refractivity (Wildman–Crippen MR) is 113 cm³/mol. The molecule has 2 heterocycles. The van der Waals surface area contributed by atoms with Gasteiger partial charge >= 0.3 is 0 Å². The maximum atomic E-state index is 12.4. The van der Waals surface area contributed by atoms with E-state index in [0.717, 1.165) is 10.0 Å². The van der Waals surface area contributed by atoms with Gasteiger partial charge in [0.05, 0.1) is 18.0 Å². The quantitative estimate of drug-likeness (QED) is 0.611. The van der Waals surface area contributed by atoms with Gasteiger partial charge in [0.15, 0.2) is 0 Å². The number of halogens is 1. The summed E-state index contributed by atoms with van der Waals surface area (Å²) in [7, 11) is -3.24. The van der Waals surface area contributed by atoms with E-state index in [-0.39, 0.29) is 17.6 Å². The van der Waals surface area contributed by atoms with Gasteiger partial charge in [-0.2, -0.15) is 0 Å². The van der Waals surface area contributed by atoms with Crippen molar-refractivity contribution < 1.29 is 13.2 Å². The summed E-state index contributed by atoms with van der Waals surface area (Å²) >= 11 is 3.40. The fourth-order valence-electron chi connectivity index (χ4n) is 3.09. The Morgan fingerprint density at radius 3 is 2.48 bits per heavy atom. The zero-order valence-corrected chi connectivity index (χ0v) is 17.7. The highest BCUT2D eigenvalue weighted by Gasteiger charge is 2.28. The summed E-state index contributed by atoms with van der Waals surface area (Å²) in [4.78, 5) is 16.6. The van der Waals surface area contributed by atoms with Crippen molar-refractivity contribution >= 4 is 43.5 Å². The molecular formula is C19H18BrN5O3S. The number of nitrogens with one attached hydrogen (secondary N) is 1. The van der Waals surface area contributed by atoms with Gasteiger partial charge in [0.1, 0.15) is 6.33 Å². The van der Waals surface area contributed by atoms with Crippen LogP contribution in [0.2, 0.25) is 0 Å². The van der Waals surface area contributed by atoms with Crippen molar-refractivity contribution in [2.45, 2.75) is 13.0 Å². The van der Waals surface area contributed by atoms with Crippen LogP contribution in [0.5, 0.6) is 0 Å². The monoisotopic (exact) mass is 475 g/mol. The lowest BCUT2D eigenvalue weighted by molar-refractivity contribution is 0.102. The lowest BCUT2D eigenvalue weighted by Crippen LogP contribution is -2.25. The standard InChI is InChI=1S/C19H18BrN5O3S/c20-16-6-2-14(3-7-16)12-24-13-21-19(23-24)22-18(26)15-4-8-17(9-5-15)25-10-1-11-29(25,27)28/h2-9,13H,1,10-12H2,(H,22,23,26). The van der Waals surface area contributed by atoms with E-state index >= 15 is 0 Å². The smallest absolute Gasteiger partial charge is 0.258 e. The molecule has 29 heavy (non-hydrogen) atoms. The summed E-state index contributed by atoms with van der Waals surface area (Å²) < 4.78 is 28.0. The molecule has 150 valence electrons. The van der Waals surface area contributed by atoms with Gasteiger partial charge in [0, 0.05) is 16.6 Å². The predicted octanol–water partition coefficient (Wildman–Crippen LogP) is 2.88. The summed E-state index contributed by atoms with van der Waals surface area (Å²) in [5, 5.41) is 6.92. The van der Waals surface area contributed by atoms with Crippen molar-refractivity contribution in [2.75, 3.05) is 21.9 Å². The van der Waals surface area contributed by atoms with Crippen molar-refractivity contribution in [3.63, 3.8) is 0 Å². The normalized spacial score (nSPS) is 15.4. The fraction of sp³-hybridized carbons (Fsp3) is 0.211. The first-order valence-electron chi connectivity index (χ1n) is 8.96. The molecule has 8 nitrogen and oxygen atoms in total. The summed E-state index contributed by atoms with van der Waals surface area (Å²) in [6.07, 6.45) is 2.16. The highest BCUT2D eigenvalue weighted by atomic mass is 79.9. The van der Waals surface area contributed by atoms with Crippen LogP contribution in [0.1, 0.15) is 22.3 Å². The maximum Gasteiger partial charge on any atom is 0.258 e. The van der Waals surface area contributed by atoms with Crippen LogP contribution in [0.15, 0.2) is 59.3 Å². The number of anilines is 2. The van der Waals surface area contributed by atoms with Crippen LogP contribution in [-0.4, -0.2) is 41.4 Å². The van der Waals surface area contributed by atoms with Crippen molar-refractivity contribution in [1.29, 1.82) is 0 Å². The van der Waals surface area contributed by atoms with Crippen LogP contribution in [0, 0.1) is 0 Å². The van der Waals surface area contributed by atoms with Crippen molar-refractivity contribution in [2.24, 2.45) is 0 Å². The van der Waals surface area contributed by atoms with Crippen LogP contribution in [-0.2, 0) is 16.6 Å². The molecule has 0 radical (unpaired) electrons. The topological polar surface area (TPSA) is 97.2 Å². The maximum absolute atomic E-state index is 12.4. The van der Waals surface area contributed by atoms with Gasteiger partial charge in [-0.3, -0.25) is 14.4 Å². The van der Waals surface area contributed by atoms with Crippen LogP contribution in [0.25, 0.3) is 0 Å². The minimum Gasteiger partial charge on any atom is -0.289 e. The van der Waals surface area contributed by atoms with E-state index in [1.165, 1.54) is 4.31 Å². The van der Waals surface area contributed by atoms with Gasteiger partial charge in [-0.1, -0.05) is 28.1 Å². The number of rotatable bonds is 5. The van der Waals surface area contributed by atoms with Crippen molar-refractivity contribution in [3.8, 4) is 0 Å². The average Bonchev–Trinajstić information content (AvgIpc) is 3.29. The third-order valence-corrected chi connectivity index (χ3v) is 6.93. The fourth-order valence-corrected chi connectivity index (χ4v) is 4.92. The Morgan fingerprint density at radius 2 is 1.83 bits per heavy atom.